The van der Waals surface area contributed by atoms with E-state index in [1.54, 1.807) is 0 Å². The predicted octanol–water partition coefficient (Wildman–Crippen LogP) is 1.53. The van der Waals surface area contributed by atoms with Crippen molar-refractivity contribution < 1.29 is 4.79 Å². The van der Waals surface area contributed by atoms with Gasteiger partial charge in [0.1, 0.15) is 0 Å². The molecule has 0 aliphatic carbocycles. The summed E-state index contributed by atoms with van der Waals surface area (Å²) in [7, 11) is 0. The summed E-state index contributed by atoms with van der Waals surface area (Å²) in [6.45, 7) is 4.50. The Balaban J connectivity index is 3.22. The Morgan fingerprint density at radius 3 is 2.70 bits per heavy atom. The number of hydrogen-bond acceptors (Lipinski definition) is 1. The molecule has 10 heavy (non-hydrogen) atoms. The van der Waals surface area contributed by atoms with E-state index in [9.17, 15) is 4.79 Å². The fraction of sp³-hybridized carbons (Fsp3) is 0.857. The monoisotopic (exact) mass is 163 g/mol. The van der Waals surface area contributed by atoms with Crippen molar-refractivity contribution >= 4 is 17.5 Å². The molecule has 1 unspecified atom stereocenters. The van der Waals surface area contributed by atoms with Crippen molar-refractivity contribution in [2.45, 2.75) is 32.1 Å². The van der Waals surface area contributed by atoms with Gasteiger partial charge in [-0.2, -0.15) is 0 Å². The zero-order chi connectivity index (χ0) is 7.98. The molecule has 60 valence electrons. The van der Waals surface area contributed by atoms with Crippen LogP contribution in [0.3, 0.4) is 0 Å². The van der Waals surface area contributed by atoms with Crippen molar-refractivity contribution in [1.82, 2.24) is 5.32 Å². The molecule has 0 saturated heterocycles. The summed E-state index contributed by atoms with van der Waals surface area (Å²) in [5.41, 5.74) is 0. The molecule has 0 aliphatic heterocycles. The van der Waals surface area contributed by atoms with E-state index in [-0.39, 0.29) is 11.3 Å². The maximum absolute atomic E-state index is 10.8. The molecule has 1 N–H and O–H groups in total. The highest BCUT2D eigenvalue weighted by Crippen LogP contribution is 2.02. The van der Waals surface area contributed by atoms with Crippen molar-refractivity contribution in [3.63, 3.8) is 0 Å². The van der Waals surface area contributed by atoms with Crippen LogP contribution in [0.1, 0.15) is 26.7 Å². The quantitative estimate of drug-likeness (QED) is 0.626. The van der Waals surface area contributed by atoms with Gasteiger partial charge in [0.15, 0.2) is 0 Å². The molecule has 1 atom stereocenters. The molecular formula is C7H14ClNO. The Kier molecular flexibility index (Phi) is 5.40. The SMILES string of the molecule is CCNC(=O)CCC(C)Cl. The van der Waals surface area contributed by atoms with E-state index in [1.807, 2.05) is 13.8 Å². The second-order valence-electron chi connectivity index (χ2n) is 2.27. The summed E-state index contributed by atoms with van der Waals surface area (Å²) in [5.74, 6) is 0.0926. The van der Waals surface area contributed by atoms with E-state index < -0.39 is 0 Å². The Labute approximate surface area is 66.9 Å². The normalized spacial score (nSPS) is 12.7. The average Bonchev–Trinajstić information content (AvgIpc) is 1.85. The van der Waals surface area contributed by atoms with Gasteiger partial charge >= 0.3 is 0 Å². The van der Waals surface area contributed by atoms with Gasteiger partial charge in [0.2, 0.25) is 5.91 Å². The van der Waals surface area contributed by atoms with Crippen LogP contribution in [0.5, 0.6) is 0 Å². The van der Waals surface area contributed by atoms with Crippen molar-refractivity contribution in [2.75, 3.05) is 6.54 Å². The largest absolute Gasteiger partial charge is 0.356 e. The van der Waals surface area contributed by atoms with E-state index in [1.165, 1.54) is 0 Å². The molecule has 0 saturated carbocycles. The summed E-state index contributed by atoms with van der Waals surface area (Å²) in [6, 6.07) is 0. The number of nitrogens with one attached hydrogen (secondary N) is 1. The number of alkyl halides is 1. The predicted molar refractivity (Wildman–Crippen MR) is 43.2 cm³/mol. The van der Waals surface area contributed by atoms with Gasteiger partial charge in [-0.15, -0.1) is 11.6 Å². The van der Waals surface area contributed by atoms with E-state index in [2.05, 4.69) is 5.32 Å². The van der Waals surface area contributed by atoms with Gasteiger partial charge in [0.05, 0.1) is 0 Å². The third-order valence-corrected chi connectivity index (χ3v) is 1.36. The zero-order valence-electron chi connectivity index (χ0n) is 6.48. The van der Waals surface area contributed by atoms with Crippen LogP contribution in [0.2, 0.25) is 0 Å². The first-order valence-corrected chi connectivity index (χ1v) is 4.01. The van der Waals surface area contributed by atoms with Crippen LogP contribution in [0.25, 0.3) is 0 Å². The van der Waals surface area contributed by atoms with Gasteiger partial charge in [0, 0.05) is 18.3 Å². The summed E-state index contributed by atoms with van der Waals surface area (Å²) < 4.78 is 0. The second-order valence-corrected chi connectivity index (χ2v) is 3.02. The lowest BCUT2D eigenvalue weighted by atomic mass is 10.2. The summed E-state index contributed by atoms with van der Waals surface area (Å²) in [4.78, 5) is 10.8. The van der Waals surface area contributed by atoms with E-state index in [0.717, 1.165) is 6.42 Å². The number of amides is 1. The summed E-state index contributed by atoms with van der Waals surface area (Å²) in [6.07, 6.45) is 1.30. The lowest BCUT2D eigenvalue weighted by Gasteiger charge is -2.02. The Morgan fingerprint density at radius 1 is 1.70 bits per heavy atom. The van der Waals surface area contributed by atoms with Crippen molar-refractivity contribution in [1.29, 1.82) is 0 Å². The smallest absolute Gasteiger partial charge is 0.220 e. The summed E-state index contributed by atoms with van der Waals surface area (Å²) in [5, 5.41) is 2.80. The van der Waals surface area contributed by atoms with Crippen LogP contribution in [0.15, 0.2) is 0 Å². The molecule has 2 nitrogen and oxygen atoms in total. The highest BCUT2D eigenvalue weighted by Gasteiger charge is 2.01. The van der Waals surface area contributed by atoms with Gasteiger partial charge in [-0.1, -0.05) is 0 Å². The topological polar surface area (TPSA) is 29.1 Å². The van der Waals surface area contributed by atoms with Crippen LogP contribution in [-0.4, -0.2) is 17.8 Å². The van der Waals surface area contributed by atoms with Crippen molar-refractivity contribution in [3.8, 4) is 0 Å². The van der Waals surface area contributed by atoms with Gasteiger partial charge in [-0.05, 0) is 20.3 Å². The molecule has 1 amide bonds. The summed E-state index contributed by atoms with van der Waals surface area (Å²) >= 11 is 5.64. The minimum absolute atomic E-state index is 0.0926. The lowest BCUT2D eigenvalue weighted by molar-refractivity contribution is -0.121. The van der Waals surface area contributed by atoms with Gasteiger partial charge in [-0.3, -0.25) is 4.79 Å². The maximum Gasteiger partial charge on any atom is 0.220 e. The van der Waals surface area contributed by atoms with E-state index >= 15 is 0 Å². The molecule has 0 radical (unpaired) electrons. The Bertz CT molecular complexity index is 104. The molecule has 0 bridgehead atoms. The van der Waals surface area contributed by atoms with Gasteiger partial charge in [0.25, 0.3) is 0 Å². The second kappa shape index (κ2) is 5.54. The van der Waals surface area contributed by atoms with Crippen molar-refractivity contribution in [3.05, 3.63) is 0 Å². The molecule has 3 heteroatoms. The number of rotatable bonds is 4. The van der Waals surface area contributed by atoms with Crippen LogP contribution >= 0.6 is 11.6 Å². The van der Waals surface area contributed by atoms with Gasteiger partial charge in [-0.25, -0.2) is 0 Å². The Hall–Kier alpha value is -0.240. The minimum Gasteiger partial charge on any atom is -0.356 e. The average molecular weight is 164 g/mol. The lowest BCUT2D eigenvalue weighted by Crippen LogP contribution is -2.22. The maximum atomic E-state index is 10.8. The molecule has 0 heterocycles. The highest BCUT2D eigenvalue weighted by atomic mass is 35.5. The molecule has 0 aromatic heterocycles. The van der Waals surface area contributed by atoms with E-state index in [0.29, 0.717) is 13.0 Å². The number of carbonyl (C=O) groups is 1. The standard InChI is InChI=1S/C7H14ClNO/c1-3-9-7(10)5-4-6(2)8/h6H,3-5H2,1-2H3,(H,9,10). The van der Waals surface area contributed by atoms with Crippen LogP contribution in [-0.2, 0) is 4.79 Å². The highest BCUT2D eigenvalue weighted by molar-refractivity contribution is 6.20. The number of halogens is 1. The fourth-order valence-corrected chi connectivity index (χ4v) is 0.725. The number of hydrogen-bond donors (Lipinski definition) is 1. The first-order valence-electron chi connectivity index (χ1n) is 3.57. The van der Waals surface area contributed by atoms with Gasteiger partial charge < -0.3 is 5.32 Å². The molecule has 0 aromatic carbocycles. The molecule has 0 spiro atoms. The van der Waals surface area contributed by atoms with Crippen LogP contribution in [0.4, 0.5) is 0 Å². The van der Waals surface area contributed by atoms with Crippen LogP contribution in [0, 0.1) is 0 Å². The van der Waals surface area contributed by atoms with E-state index in [4.69, 9.17) is 11.6 Å². The molecule has 0 fully saturated rings. The number of carbonyl (C=O) groups excluding carboxylic acids is 1. The van der Waals surface area contributed by atoms with Crippen LogP contribution < -0.4 is 5.32 Å². The zero-order valence-corrected chi connectivity index (χ0v) is 7.24. The fourth-order valence-electron chi connectivity index (χ4n) is 0.616. The molecule has 0 aliphatic rings. The first-order chi connectivity index (χ1) is 4.66. The molecule has 0 rings (SSSR count). The third kappa shape index (κ3) is 5.89. The third-order valence-electron chi connectivity index (χ3n) is 1.14. The molecule has 0 aromatic rings. The molecular weight excluding hydrogens is 150 g/mol. The first kappa shape index (κ1) is 9.76. The minimum atomic E-state index is 0.0926. The Morgan fingerprint density at radius 2 is 2.30 bits per heavy atom. The van der Waals surface area contributed by atoms with Crippen molar-refractivity contribution in [2.24, 2.45) is 0 Å².